The Morgan fingerprint density at radius 1 is 1.45 bits per heavy atom. The lowest BCUT2D eigenvalue weighted by molar-refractivity contribution is 0.0887. The van der Waals surface area contributed by atoms with Gasteiger partial charge in [0.15, 0.2) is 5.76 Å². The number of rotatable bonds is 2. The van der Waals surface area contributed by atoms with Gasteiger partial charge in [-0.1, -0.05) is 18.5 Å². The molecular formula is C16H20Cl2N2O2. The van der Waals surface area contributed by atoms with Gasteiger partial charge in [0.2, 0.25) is 0 Å². The van der Waals surface area contributed by atoms with E-state index in [1.807, 2.05) is 13.0 Å². The van der Waals surface area contributed by atoms with E-state index >= 15 is 0 Å². The third kappa shape index (κ3) is 3.24. The van der Waals surface area contributed by atoms with Gasteiger partial charge in [-0.3, -0.25) is 4.79 Å². The lowest BCUT2D eigenvalue weighted by Crippen LogP contribution is -2.48. The molecule has 0 aliphatic carbocycles. The highest BCUT2D eigenvalue weighted by atomic mass is 35.5. The second-order valence-corrected chi connectivity index (χ2v) is 6.18. The van der Waals surface area contributed by atoms with Crippen molar-refractivity contribution in [1.82, 2.24) is 10.6 Å². The zero-order valence-corrected chi connectivity index (χ0v) is 14.2. The van der Waals surface area contributed by atoms with E-state index in [0.29, 0.717) is 22.3 Å². The van der Waals surface area contributed by atoms with E-state index in [2.05, 4.69) is 17.6 Å². The van der Waals surface area contributed by atoms with Crippen LogP contribution in [0, 0.1) is 12.8 Å². The first kappa shape index (κ1) is 17.1. The summed E-state index contributed by atoms with van der Waals surface area (Å²) in [5.74, 6) is 0.665. The molecule has 2 aromatic rings. The lowest BCUT2D eigenvalue weighted by atomic mass is 9.95. The average Bonchev–Trinajstić information content (AvgIpc) is 2.79. The number of aryl methyl sites for hydroxylation is 1. The van der Waals surface area contributed by atoms with Gasteiger partial charge < -0.3 is 15.1 Å². The summed E-state index contributed by atoms with van der Waals surface area (Å²) in [4.78, 5) is 12.5. The number of carbonyl (C=O) groups excluding carboxylic acids is 1. The zero-order chi connectivity index (χ0) is 15.0. The summed E-state index contributed by atoms with van der Waals surface area (Å²) >= 11 is 6.01. The Bertz CT molecular complexity index is 684. The molecule has 0 saturated carbocycles. The molecule has 1 aromatic heterocycles. The molecule has 1 fully saturated rings. The van der Waals surface area contributed by atoms with Crippen molar-refractivity contribution in [2.75, 3.05) is 13.1 Å². The highest BCUT2D eigenvalue weighted by molar-refractivity contribution is 6.31. The van der Waals surface area contributed by atoms with E-state index in [1.54, 1.807) is 12.1 Å². The van der Waals surface area contributed by atoms with Crippen LogP contribution in [0.2, 0.25) is 5.02 Å². The van der Waals surface area contributed by atoms with Crippen LogP contribution < -0.4 is 10.6 Å². The summed E-state index contributed by atoms with van der Waals surface area (Å²) in [6, 6.07) is 5.59. The fraction of sp³-hybridized carbons (Fsp3) is 0.438. The largest absolute Gasteiger partial charge is 0.451 e. The summed E-state index contributed by atoms with van der Waals surface area (Å²) in [6.07, 6.45) is 0.942. The number of hydrogen-bond acceptors (Lipinski definition) is 3. The molecule has 1 aromatic carbocycles. The Labute approximate surface area is 141 Å². The minimum absolute atomic E-state index is 0. The summed E-state index contributed by atoms with van der Waals surface area (Å²) in [5.41, 5.74) is 1.53. The molecule has 0 bridgehead atoms. The predicted octanol–water partition coefficient (Wildman–Crippen LogP) is 3.54. The molecule has 4 nitrogen and oxygen atoms in total. The fourth-order valence-corrected chi connectivity index (χ4v) is 3.04. The van der Waals surface area contributed by atoms with Crippen LogP contribution in [0.25, 0.3) is 11.0 Å². The zero-order valence-electron chi connectivity index (χ0n) is 12.6. The van der Waals surface area contributed by atoms with Crippen molar-refractivity contribution in [3.63, 3.8) is 0 Å². The number of amides is 1. The number of benzene rings is 1. The SMILES string of the molecule is Cc1c(C(=O)NC2CCNCC2C)oc2ccc(Cl)cc12.Cl. The molecule has 0 spiro atoms. The molecule has 0 radical (unpaired) electrons. The van der Waals surface area contributed by atoms with Crippen LogP contribution in [0.4, 0.5) is 0 Å². The maximum Gasteiger partial charge on any atom is 0.287 e. The minimum Gasteiger partial charge on any atom is -0.451 e. The molecule has 2 unspecified atom stereocenters. The van der Waals surface area contributed by atoms with Crippen molar-refractivity contribution in [3.8, 4) is 0 Å². The Morgan fingerprint density at radius 2 is 2.23 bits per heavy atom. The topological polar surface area (TPSA) is 54.3 Å². The van der Waals surface area contributed by atoms with Crippen LogP contribution in [0.15, 0.2) is 22.6 Å². The molecule has 1 aliphatic heterocycles. The highest BCUT2D eigenvalue weighted by Gasteiger charge is 2.25. The first-order valence-electron chi connectivity index (χ1n) is 7.26. The molecule has 1 amide bonds. The van der Waals surface area contributed by atoms with Crippen LogP contribution >= 0.6 is 24.0 Å². The van der Waals surface area contributed by atoms with Crippen molar-refractivity contribution in [1.29, 1.82) is 0 Å². The smallest absolute Gasteiger partial charge is 0.287 e. The molecule has 120 valence electrons. The molecule has 3 rings (SSSR count). The van der Waals surface area contributed by atoms with E-state index in [9.17, 15) is 4.79 Å². The van der Waals surface area contributed by atoms with Crippen LogP contribution in [-0.2, 0) is 0 Å². The standard InChI is InChI=1S/C16H19ClN2O2.ClH/c1-9-8-18-6-5-13(9)19-16(20)15-10(2)12-7-11(17)3-4-14(12)21-15;/h3-4,7,9,13,18H,5-6,8H2,1-2H3,(H,19,20);1H. The van der Waals surface area contributed by atoms with Gasteiger partial charge in [-0.05, 0) is 50.6 Å². The van der Waals surface area contributed by atoms with Crippen molar-refractivity contribution in [2.45, 2.75) is 26.3 Å². The van der Waals surface area contributed by atoms with Crippen molar-refractivity contribution in [2.24, 2.45) is 5.92 Å². The third-order valence-corrected chi connectivity index (χ3v) is 4.44. The van der Waals surface area contributed by atoms with E-state index in [-0.39, 0.29) is 24.4 Å². The van der Waals surface area contributed by atoms with E-state index in [1.165, 1.54) is 0 Å². The number of hydrogen-bond donors (Lipinski definition) is 2. The first-order chi connectivity index (χ1) is 10.1. The summed E-state index contributed by atoms with van der Waals surface area (Å²) in [7, 11) is 0. The normalized spacial score (nSPS) is 21.4. The van der Waals surface area contributed by atoms with Crippen molar-refractivity contribution < 1.29 is 9.21 Å². The minimum atomic E-state index is -0.140. The van der Waals surface area contributed by atoms with Crippen LogP contribution in [0.1, 0.15) is 29.5 Å². The van der Waals surface area contributed by atoms with Gasteiger partial charge in [-0.15, -0.1) is 12.4 Å². The first-order valence-corrected chi connectivity index (χ1v) is 7.64. The Balaban J connectivity index is 0.00000176. The summed E-state index contributed by atoms with van der Waals surface area (Å²) < 4.78 is 5.71. The second-order valence-electron chi connectivity index (χ2n) is 5.75. The fourth-order valence-electron chi connectivity index (χ4n) is 2.87. The molecule has 22 heavy (non-hydrogen) atoms. The maximum absolute atomic E-state index is 12.5. The number of carbonyl (C=O) groups is 1. The molecular weight excluding hydrogens is 323 g/mol. The number of nitrogens with one attached hydrogen (secondary N) is 2. The van der Waals surface area contributed by atoms with Gasteiger partial charge in [0, 0.05) is 22.0 Å². The van der Waals surface area contributed by atoms with Crippen LogP contribution in [0.3, 0.4) is 0 Å². The number of furan rings is 1. The van der Waals surface area contributed by atoms with E-state index in [0.717, 1.165) is 30.5 Å². The van der Waals surface area contributed by atoms with Gasteiger partial charge in [0.05, 0.1) is 0 Å². The van der Waals surface area contributed by atoms with Crippen LogP contribution in [-0.4, -0.2) is 25.0 Å². The lowest BCUT2D eigenvalue weighted by Gasteiger charge is -2.29. The molecule has 2 atom stereocenters. The van der Waals surface area contributed by atoms with Crippen molar-refractivity contribution in [3.05, 3.63) is 34.5 Å². The molecule has 1 aliphatic rings. The Kier molecular flexibility index (Phi) is 5.37. The number of fused-ring (bicyclic) bond motifs is 1. The van der Waals surface area contributed by atoms with E-state index in [4.69, 9.17) is 16.0 Å². The summed E-state index contributed by atoms with van der Waals surface area (Å²) in [5, 5.41) is 7.96. The van der Waals surface area contributed by atoms with E-state index < -0.39 is 0 Å². The molecule has 2 N–H and O–H groups in total. The van der Waals surface area contributed by atoms with Gasteiger partial charge in [0.1, 0.15) is 5.58 Å². The predicted molar refractivity (Wildman–Crippen MR) is 91.1 cm³/mol. The van der Waals surface area contributed by atoms with Gasteiger partial charge >= 0.3 is 0 Å². The van der Waals surface area contributed by atoms with Crippen LogP contribution in [0.5, 0.6) is 0 Å². The van der Waals surface area contributed by atoms with Gasteiger partial charge in [0.25, 0.3) is 5.91 Å². The molecule has 1 saturated heterocycles. The van der Waals surface area contributed by atoms with Gasteiger partial charge in [-0.2, -0.15) is 0 Å². The average molecular weight is 343 g/mol. The summed E-state index contributed by atoms with van der Waals surface area (Å²) in [6.45, 7) is 5.90. The second kappa shape index (κ2) is 6.90. The third-order valence-electron chi connectivity index (χ3n) is 4.21. The highest BCUT2D eigenvalue weighted by Crippen LogP contribution is 2.28. The number of halogens is 2. The number of piperidine rings is 1. The quantitative estimate of drug-likeness (QED) is 0.877. The van der Waals surface area contributed by atoms with Gasteiger partial charge in [-0.25, -0.2) is 0 Å². The van der Waals surface area contributed by atoms with Crippen molar-refractivity contribution >= 4 is 40.9 Å². The Morgan fingerprint density at radius 3 is 2.95 bits per heavy atom. The monoisotopic (exact) mass is 342 g/mol. The maximum atomic E-state index is 12.5. The Hall–Kier alpha value is -1.23. The molecule has 2 heterocycles. The molecule has 6 heteroatoms.